The number of hydrogen-bond donors (Lipinski definition) is 1. The number of aromatic nitrogens is 3. The van der Waals surface area contributed by atoms with Crippen LogP contribution < -0.4 is 5.32 Å². The number of carbonyl (C=O) groups is 1. The fraction of sp³-hybridized carbons (Fsp3) is 0.350. The Labute approximate surface area is 147 Å². The van der Waals surface area contributed by atoms with Crippen molar-refractivity contribution >= 4 is 16.9 Å². The first-order valence-corrected chi connectivity index (χ1v) is 8.97. The monoisotopic (exact) mass is 334 g/mol. The predicted octanol–water partition coefficient (Wildman–Crippen LogP) is 3.55. The molecule has 0 atom stereocenters. The average Bonchev–Trinajstić information content (AvgIpc) is 3.02. The second-order valence-electron chi connectivity index (χ2n) is 6.63. The summed E-state index contributed by atoms with van der Waals surface area (Å²) < 4.78 is 1.97. The Hall–Kier alpha value is -2.69. The smallest absolute Gasteiger partial charge is 0.240 e. The molecule has 25 heavy (non-hydrogen) atoms. The molecule has 1 amide bonds. The fourth-order valence-corrected chi connectivity index (χ4v) is 3.59. The topological polar surface area (TPSA) is 59.8 Å². The molecule has 0 unspecified atom stereocenters. The summed E-state index contributed by atoms with van der Waals surface area (Å²) in [5.74, 6) is 0.785. The third-order valence-electron chi connectivity index (χ3n) is 4.82. The van der Waals surface area contributed by atoms with Crippen molar-refractivity contribution in [3.63, 3.8) is 0 Å². The van der Waals surface area contributed by atoms with Crippen molar-refractivity contribution in [1.82, 2.24) is 19.9 Å². The molecule has 1 aliphatic carbocycles. The Morgan fingerprint density at radius 2 is 1.88 bits per heavy atom. The molecule has 2 aromatic heterocycles. The molecule has 1 saturated carbocycles. The molecule has 5 nitrogen and oxygen atoms in total. The molecule has 4 rings (SSSR count). The summed E-state index contributed by atoms with van der Waals surface area (Å²) in [7, 11) is 0. The molecule has 1 aliphatic rings. The quantitative estimate of drug-likeness (QED) is 0.794. The second kappa shape index (κ2) is 7.05. The zero-order valence-electron chi connectivity index (χ0n) is 14.2. The van der Waals surface area contributed by atoms with Crippen molar-refractivity contribution in [2.75, 3.05) is 0 Å². The lowest BCUT2D eigenvalue weighted by Crippen LogP contribution is -2.38. The average molecular weight is 334 g/mol. The first-order valence-electron chi connectivity index (χ1n) is 8.97. The van der Waals surface area contributed by atoms with Crippen molar-refractivity contribution in [1.29, 1.82) is 0 Å². The highest BCUT2D eigenvalue weighted by Crippen LogP contribution is 2.23. The summed E-state index contributed by atoms with van der Waals surface area (Å²) in [4.78, 5) is 21.7. The lowest BCUT2D eigenvalue weighted by molar-refractivity contribution is -0.122. The third-order valence-corrected chi connectivity index (χ3v) is 4.82. The number of rotatable bonds is 4. The Morgan fingerprint density at radius 3 is 2.68 bits per heavy atom. The van der Waals surface area contributed by atoms with Crippen LogP contribution in [0.15, 0.2) is 48.7 Å². The van der Waals surface area contributed by atoms with E-state index >= 15 is 0 Å². The van der Waals surface area contributed by atoms with Gasteiger partial charge in [-0.25, -0.2) is 4.98 Å². The van der Waals surface area contributed by atoms with Crippen LogP contribution >= 0.6 is 0 Å². The molecule has 0 saturated heterocycles. The molecule has 0 radical (unpaired) electrons. The summed E-state index contributed by atoms with van der Waals surface area (Å²) in [5, 5.41) is 3.19. The second-order valence-corrected chi connectivity index (χ2v) is 6.63. The number of para-hydroxylation sites is 2. The number of amides is 1. The van der Waals surface area contributed by atoms with Gasteiger partial charge in [-0.05, 0) is 37.1 Å². The molecule has 5 heteroatoms. The van der Waals surface area contributed by atoms with E-state index < -0.39 is 0 Å². The normalized spacial score (nSPS) is 15.4. The number of imidazole rings is 1. The van der Waals surface area contributed by atoms with Crippen molar-refractivity contribution in [3.8, 4) is 11.5 Å². The number of pyridine rings is 1. The lowest BCUT2D eigenvalue weighted by atomic mass is 9.95. The van der Waals surface area contributed by atoms with Gasteiger partial charge in [0.25, 0.3) is 0 Å². The van der Waals surface area contributed by atoms with Gasteiger partial charge in [-0.15, -0.1) is 0 Å². The minimum absolute atomic E-state index is 0.0484. The van der Waals surface area contributed by atoms with Crippen molar-refractivity contribution in [2.45, 2.75) is 44.7 Å². The SMILES string of the molecule is O=C(Cn1c(-c2ccccn2)nc2ccccc21)NC1CCCCC1. The predicted molar refractivity (Wildman–Crippen MR) is 98.0 cm³/mol. The Bertz CT molecular complexity index is 866. The summed E-state index contributed by atoms with van der Waals surface area (Å²) >= 11 is 0. The van der Waals surface area contributed by atoms with Crippen LogP contribution in [0.1, 0.15) is 32.1 Å². The van der Waals surface area contributed by atoms with E-state index in [1.165, 1.54) is 19.3 Å². The van der Waals surface area contributed by atoms with Gasteiger partial charge in [0.1, 0.15) is 12.2 Å². The van der Waals surface area contributed by atoms with Crippen LogP contribution in [0.5, 0.6) is 0 Å². The highest BCUT2D eigenvalue weighted by Gasteiger charge is 2.19. The van der Waals surface area contributed by atoms with Gasteiger partial charge in [-0.3, -0.25) is 9.78 Å². The van der Waals surface area contributed by atoms with Crippen LogP contribution in [0.2, 0.25) is 0 Å². The fourth-order valence-electron chi connectivity index (χ4n) is 3.59. The van der Waals surface area contributed by atoms with E-state index in [4.69, 9.17) is 4.98 Å². The standard InChI is InChI=1S/C20H22N4O/c25-19(22-15-8-2-1-3-9-15)14-24-18-12-5-4-10-16(18)23-20(24)17-11-6-7-13-21-17/h4-7,10-13,15H,1-3,8-9,14H2,(H,22,25). The molecule has 3 aromatic rings. The molecular formula is C20H22N4O. The van der Waals surface area contributed by atoms with Crippen LogP contribution in [0, 0.1) is 0 Å². The minimum atomic E-state index is 0.0484. The number of nitrogens with one attached hydrogen (secondary N) is 1. The number of nitrogens with zero attached hydrogens (tertiary/aromatic N) is 3. The zero-order valence-corrected chi connectivity index (χ0v) is 14.2. The van der Waals surface area contributed by atoms with E-state index in [-0.39, 0.29) is 12.5 Å². The molecule has 0 spiro atoms. The van der Waals surface area contributed by atoms with Gasteiger partial charge in [0, 0.05) is 12.2 Å². The van der Waals surface area contributed by atoms with E-state index in [2.05, 4.69) is 10.3 Å². The summed E-state index contributed by atoms with van der Waals surface area (Å²) in [6.07, 6.45) is 7.62. The van der Waals surface area contributed by atoms with E-state index in [0.717, 1.165) is 35.4 Å². The highest BCUT2D eigenvalue weighted by atomic mass is 16.2. The molecule has 2 heterocycles. The number of carbonyl (C=O) groups excluding carboxylic acids is 1. The van der Waals surface area contributed by atoms with Crippen molar-refractivity contribution in [3.05, 3.63) is 48.7 Å². The molecule has 1 fully saturated rings. The minimum Gasteiger partial charge on any atom is -0.352 e. The number of fused-ring (bicyclic) bond motifs is 1. The maximum Gasteiger partial charge on any atom is 0.240 e. The summed E-state index contributed by atoms with van der Waals surface area (Å²) in [6, 6.07) is 14.0. The van der Waals surface area contributed by atoms with Gasteiger partial charge in [0.15, 0.2) is 5.82 Å². The first kappa shape index (κ1) is 15.8. The third kappa shape index (κ3) is 3.40. The van der Waals surface area contributed by atoms with E-state index in [1.54, 1.807) is 6.20 Å². The number of hydrogen-bond acceptors (Lipinski definition) is 3. The van der Waals surface area contributed by atoms with Crippen LogP contribution in [0.25, 0.3) is 22.6 Å². The molecule has 0 bridgehead atoms. The Morgan fingerprint density at radius 1 is 1.08 bits per heavy atom. The van der Waals surface area contributed by atoms with E-state index in [1.807, 2.05) is 47.0 Å². The number of benzene rings is 1. The van der Waals surface area contributed by atoms with Crippen molar-refractivity contribution in [2.24, 2.45) is 0 Å². The summed E-state index contributed by atoms with van der Waals surface area (Å²) in [6.45, 7) is 0.267. The van der Waals surface area contributed by atoms with Gasteiger partial charge in [0.2, 0.25) is 5.91 Å². The van der Waals surface area contributed by atoms with Gasteiger partial charge >= 0.3 is 0 Å². The Kier molecular flexibility index (Phi) is 4.46. The summed E-state index contributed by atoms with van der Waals surface area (Å²) in [5.41, 5.74) is 2.62. The van der Waals surface area contributed by atoms with E-state index in [9.17, 15) is 4.79 Å². The van der Waals surface area contributed by atoms with Crippen LogP contribution in [0.3, 0.4) is 0 Å². The molecule has 1 aromatic carbocycles. The molecule has 0 aliphatic heterocycles. The first-order chi connectivity index (χ1) is 12.3. The van der Waals surface area contributed by atoms with Gasteiger partial charge < -0.3 is 9.88 Å². The van der Waals surface area contributed by atoms with Gasteiger partial charge in [0.05, 0.1) is 11.0 Å². The maximum absolute atomic E-state index is 12.6. The van der Waals surface area contributed by atoms with Crippen LogP contribution in [0.4, 0.5) is 0 Å². The largest absolute Gasteiger partial charge is 0.352 e. The van der Waals surface area contributed by atoms with Gasteiger partial charge in [-0.2, -0.15) is 0 Å². The van der Waals surface area contributed by atoms with Crippen molar-refractivity contribution < 1.29 is 4.79 Å². The van der Waals surface area contributed by atoms with Crippen LogP contribution in [-0.2, 0) is 11.3 Å². The molecule has 128 valence electrons. The highest BCUT2D eigenvalue weighted by molar-refractivity contribution is 5.84. The van der Waals surface area contributed by atoms with Gasteiger partial charge in [-0.1, -0.05) is 37.5 Å². The van der Waals surface area contributed by atoms with E-state index in [0.29, 0.717) is 6.04 Å². The zero-order chi connectivity index (χ0) is 17.1. The molecular weight excluding hydrogens is 312 g/mol. The maximum atomic E-state index is 12.6. The van der Waals surface area contributed by atoms with Crippen LogP contribution in [-0.4, -0.2) is 26.5 Å². The lowest BCUT2D eigenvalue weighted by Gasteiger charge is -2.23. The molecule has 1 N–H and O–H groups in total. The Balaban J connectivity index is 1.64.